The standard InChI is InChI=1S/C16H14BrClN2O3/c1-10-5-6-14(13(17)7-10)23-9-15(21)19-20-16(22)11-3-2-4-12(18)8-11/h2-8H,9H2,1H3,(H,19,21)(H,20,22). The highest BCUT2D eigenvalue weighted by molar-refractivity contribution is 9.10. The largest absolute Gasteiger partial charge is 0.483 e. The Labute approximate surface area is 147 Å². The average Bonchev–Trinajstić information content (AvgIpc) is 2.51. The van der Waals surface area contributed by atoms with Gasteiger partial charge in [-0.2, -0.15) is 0 Å². The smallest absolute Gasteiger partial charge is 0.276 e. The Morgan fingerprint density at radius 2 is 1.96 bits per heavy atom. The van der Waals surface area contributed by atoms with Crippen LogP contribution in [0.2, 0.25) is 5.02 Å². The highest BCUT2D eigenvalue weighted by Crippen LogP contribution is 2.25. The first-order chi connectivity index (χ1) is 11.0. The van der Waals surface area contributed by atoms with Crippen LogP contribution in [-0.2, 0) is 4.79 Å². The van der Waals surface area contributed by atoms with Gasteiger partial charge in [-0.3, -0.25) is 20.4 Å². The molecule has 2 amide bonds. The number of benzene rings is 2. The molecule has 120 valence electrons. The van der Waals surface area contributed by atoms with E-state index in [2.05, 4.69) is 26.8 Å². The summed E-state index contributed by atoms with van der Waals surface area (Å²) in [7, 11) is 0. The Hall–Kier alpha value is -2.05. The van der Waals surface area contributed by atoms with Gasteiger partial charge in [0.15, 0.2) is 6.61 Å². The summed E-state index contributed by atoms with van der Waals surface area (Å²) in [6.45, 7) is 1.73. The van der Waals surface area contributed by atoms with Crippen LogP contribution < -0.4 is 15.6 Å². The number of aryl methyl sites for hydroxylation is 1. The van der Waals surface area contributed by atoms with Crippen molar-refractivity contribution in [3.05, 3.63) is 63.1 Å². The number of nitrogens with one attached hydrogen (secondary N) is 2. The van der Waals surface area contributed by atoms with Crippen LogP contribution in [0.15, 0.2) is 46.9 Å². The van der Waals surface area contributed by atoms with Crippen molar-refractivity contribution in [3.63, 3.8) is 0 Å². The number of halogens is 2. The molecule has 0 fully saturated rings. The Kier molecular flexibility index (Phi) is 6.01. The fourth-order valence-electron chi connectivity index (χ4n) is 1.73. The van der Waals surface area contributed by atoms with Gasteiger partial charge in [0.2, 0.25) is 0 Å². The van der Waals surface area contributed by atoms with Gasteiger partial charge in [-0.1, -0.05) is 23.7 Å². The van der Waals surface area contributed by atoms with Gasteiger partial charge in [0.1, 0.15) is 5.75 Å². The SMILES string of the molecule is Cc1ccc(OCC(=O)NNC(=O)c2cccc(Cl)c2)c(Br)c1. The van der Waals surface area contributed by atoms with Crippen LogP contribution in [0.5, 0.6) is 5.75 Å². The van der Waals surface area contributed by atoms with E-state index in [0.717, 1.165) is 10.0 Å². The average molecular weight is 398 g/mol. The third-order valence-corrected chi connectivity index (χ3v) is 3.70. The van der Waals surface area contributed by atoms with Crippen molar-refractivity contribution < 1.29 is 14.3 Å². The van der Waals surface area contributed by atoms with Crippen molar-refractivity contribution in [1.29, 1.82) is 0 Å². The number of rotatable bonds is 4. The van der Waals surface area contributed by atoms with E-state index >= 15 is 0 Å². The number of ether oxygens (including phenoxy) is 1. The molecule has 23 heavy (non-hydrogen) atoms. The Bertz CT molecular complexity index is 737. The molecule has 0 radical (unpaired) electrons. The van der Waals surface area contributed by atoms with Gasteiger partial charge in [-0.15, -0.1) is 0 Å². The number of carbonyl (C=O) groups is 2. The zero-order valence-corrected chi connectivity index (χ0v) is 14.6. The van der Waals surface area contributed by atoms with Crippen LogP contribution in [0.25, 0.3) is 0 Å². The molecule has 0 bridgehead atoms. The first-order valence-corrected chi connectivity index (χ1v) is 7.86. The maximum Gasteiger partial charge on any atom is 0.276 e. The van der Waals surface area contributed by atoms with Crippen molar-refractivity contribution in [2.45, 2.75) is 6.92 Å². The molecular formula is C16H14BrClN2O3. The predicted molar refractivity (Wildman–Crippen MR) is 91.4 cm³/mol. The molecule has 0 aliphatic carbocycles. The lowest BCUT2D eigenvalue weighted by Gasteiger charge is -2.10. The fourth-order valence-corrected chi connectivity index (χ4v) is 2.53. The topological polar surface area (TPSA) is 67.4 Å². The van der Waals surface area contributed by atoms with Crippen LogP contribution in [0.4, 0.5) is 0 Å². The highest BCUT2D eigenvalue weighted by atomic mass is 79.9. The van der Waals surface area contributed by atoms with E-state index in [9.17, 15) is 9.59 Å². The Morgan fingerprint density at radius 1 is 1.17 bits per heavy atom. The molecule has 0 aliphatic heterocycles. The van der Waals surface area contributed by atoms with Crippen molar-refractivity contribution >= 4 is 39.3 Å². The maximum atomic E-state index is 11.8. The maximum absolute atomic E-state index is 11.8. The van der Waals surface area contributed by atoms with Crippen molar-refractivity contribution in [2.75, 3.05) is 6.61 Å². The summed E-state index contributed by atoms with van der Waals surface area (Å²) in [5.74, 6) is -0.392. The minimum absolute atomic E-state index is 0.225. The van der Waals surface area contributed by atoms with E-state index in [1.54, 1.807) is 24.3 Å². The molecule has 0 heterocycles. The summed E-state index contributed by atoms with van der Waals surface area (Å²) in [4.78, 5) is 23.5. The van der Waals surface area contributed by atoms with Gasteiger partial charge in [-0.05, 0) is 58.7 Å². The molecule has 0 unspecified atom stereocenters. The Balaban J connectivity index is 1.82. The summed E-state index contributed by atoms with van der Waals surface area (Å²) < 4.78 is 6.14. The molecule has 2 N–H and O–H groups in total. The lowest BCUT2D eigenvalue weighted by molar-refractivity contribution is -0.123. The number of carbonyl (C=O) groups excluding carboxylic acids is 2. The molecule has 7 heteroatoms. The highest BCUT2D eigenvalue weighted by Gasteiger charge is 2.09. The molecule has 5 nitrogen and oxygen atoms in total. The van der Waals surface area contributed by atoms with E-state index in [1.807, 2.05) is 19.1 Å². The van der Waals surface area contributed by atoms with E-state index in [0.29, 0.717) is 16.3 Å². The monoisotopic (exact) mass is 396 g/mol. The summed E-state index contributed by atoms with van der Waals surface area (Å²) in [6, 6.07) is 11.9. The summed E-state index contributed by atoms with van der Waals surface area (Å²) >= 11 is 9.16. The van der Waals surface area contributed by atoms with Gasteiger partial charge in [0.25, 0.3) is 11.8 Å². The predicted octanol–water partition coefficient (Wildman–Crippen LogP) is 3.25. The van der Waals surface area contributed by atoms with Gasteiger partial charge >= 0.3 is 0 Å². The molecule has 0 aliphatic rings. The second-order valence-corrected chi connectivity index (χ2v) is 6.03. The number of hydrogen-bond acceptors (Lipinski definition) is 3. The Morgan fingerprint density at radius 3 is 2.65 bits per heavy atom. The second kappa shape index (κ2) is 7.99. The molecule has 2 aromatic rings. The molecule has 0 saturated carbocycles. The number of hydrazine groups is 1. The van der Waals surface area contributed by atoms with E-state index in [4.69, 9.17) is 16.3 Å². The summed E-state index contributed by atoms with van der Waals surface area (Å²) in [5.41, 5.74) is 6.00. The lowest BCUT2D eigenvalue weighted by atomic mass is 10.2. The van der Waals surface area contributed by atoms with E-state index in [-0.39, 0.29) is 6.61 Å². The summed E-state index contributed by atoms with van der Waals surface area (Å²) in [5, 5.41) is 0.441. The van der Waals surface area contributed by atoms with Gasteiger partial charge in [-0.25, -0.2) is 0 Å². The molecular weight excluding hydrogens is 384 g/mol. The third-order valence-electron chi connectivity index (χ3n) is 2.85. The molecule has 2 aromatic carbocycles. The molecule has 0 aromatic heterocycles. The van der Waals surface area contributed by atoms with Gasteiger partial charge in [0, 0.05) is 10.6 Å². The third kappa shape index (κ3) is 5.26. The first kappa shape index (κ1) is 17.3. The zero-order chi connectivity index (χ0) is 16.8. The number of hydrogen-bond donors (Lipinski definition) is 2. The molecule has 0 saturated heterocycles. The minimum Gasteiger partial charge on any atom is -0.483 e. The lowest BCUT2D eigenvalue weighted by Crippen LogP contribution is -2.43. The first-order valence-electron chi connectivity index (χ1n) is 6.69. The summed E-state index contributed by atoms with van der Waals surface area (Å²) in [6.07, 6.45) is 0. The van der Waals surface area contributed by atoms with Crippen molar-refractivity contribution in [1.82, 2.24) is 10.9 Å². The van der Waals surface area contributed by atoms with Crippen LogP contribution in [0.3, 0.4) is 0 Å². The molecule has 2 rings (SSSR count). The minimum atomic E-state index is -0.479. The van der Waals surface area contributed by atoms with Crippen LogP contribution in [0, 0.1) is 6.92 Å². The van der Waals surface area contributed by atoms with Crippen LogP contribution >= 0.6 is 27.5 Å². The zero-order valence-electron chi connectivity index (χ0n) is 12.2. The van der Waals surface area contributed by atoms with Crippen LogP contribution in [-0.4, -0.2) is 18.4 Å². The molecule has 0 atom stereocenters. The quantitative estimate of drug-likeness (QED) is 0.778. The van der Waals surface area contributed by atoms with Gasteiger partial charge < -0.3 is 4.74 Å². The second-order valence-electron chi connectivity index (χ2n) is 4.74. The van der Waals surface area contributed by atoms with Crippen molar-refractivity contribution in [3.8, 4) is 5.75 Å². The van der Waals surface area contributed by atoms with Gasteiger partial charge in [0.05, 0.1) is 4.47 Å². The van der Waals surface area contributed by atoms with Crippen molar-refractivity contribution in [2.24, 2.45) is 0 Å². The number of amides is 2. The van der Waals surface area contributed by atoms with Crippen LogP contribution in [0.1, 0.15) is 15.9 Å². The van der Waals surface area contributed by atoms with E-state index in [1.165, 1.54) is 6.07 Å². The van der Waals surface area contributed by atoms with E-state index < -0.39 is 11.8 Å². The normalized spacial score (nSPS) is 10.0. The fraction of sp³-hybridized carbons (Fsp3) is 0.125. The molecule has 0 spiro atoms.